The van der Waals surface area contributed by atoms with Crippen LogP contribution in [0.2, 0.25) is 0 Å². The second kappa shape index (κ2) is 3.58. The van der Waals surface area contributed by atoms with Gasteiger partial charge in [-0.15, -0.1) is 0 Å². The van der Waals surface area contributed by atoms with Crippen LogP contribution in [0.3, 0.4) is 0 Å². The van der Waals surface area contributed by atoms with Gasteiger partial charge < -0.3 is 14.3 Å². The van der Waals surface area contributed by atoms with Gasteiger partial charge in [-0.05, 0) is 12.1 Å². The molecule has 0 saturated heterocycles. The smallest absolute Gasteiger partial charge is 0.372 e. The lowest BCUT2D eigenvalue weighted by atomic mass is 10.1. The number of methoxy groups -OCH3 is 1. The molecule has 1 aromatic heterocycles. The fourth-order valence-electron chi connectivity index (χ4n) is 1.44. The summed E-state index contributed by atoms with van der Waals surface area (Å²) in [7, 11) is 1.49. The molecule has 15 heavy (non-hydrogen) atoms. The molecule has 0 bridgehead atoms. The van der Waals surface area contributed by atoms with E-state index in [2.05, 4.69) is 15.9 Å². The van der Waals surface area contributed by atoms with Crippen LogP contribution in [0, 0.1) is 0 Å². The van der Waals surface area contributed by atoms with Gasteiger partial charge in [0.05, 0.1) is 18.8 Å². The van der Waals surface area contributed by atoms with Gasteiger partial charge in [-0.2, -0.15) is 0 Å². The summed E-state index contributed by atoms with van der Waals surface area (Å²) in [4.78, 5) is 10.9. The van der Waals surface area contributed by atoms with Crippen LogP contribution in [0.5, 0.6) is 5.75 Å². The summed E-state index contributed by atoms with van der Waals surface area (Å²) in [5.74, 6) is -0.731. The molecule has 0 spiro atoms. The van der Waals surface area contributed by atoms with Gasteiger partial charge in [0, 0.05) is 9.86 Å². The maximum absolute atomic E-state index is 10.9. The summed E-state index contributed by atoms with van der Waals surface area (Å²) in [6, 6.07) is 3.47. The molecule has 2 rings (SSSR count). The lowest BCUT2D eigenvalue weighted by molar-refractivity contribution is 0.0665. The molecule has 2 aromatic rings. The van der Waals surface area contributed by atoms with Crippen molar-refractivity contribution in [3.8, 4) is 5.75 Å². The largest absolute Gasteiger partial charge is 0.496 e. The average molecular weight is 271 g/mol. The fourth-order valence-corrected chi connectivity index (χ4v) is 1.89. The van der Waals surface area contributed by atoms with Gasteiger partial charge in [0.15, 0.2) is 0 Å². The molecule has 0 unspecified atom stereocenters. The van der Waals surface area contributed by atoms with Gasteiger partial charge in [-0.1, -0.05) is 15.9 Å². The van der Waals surface area contributed by atoms with E-state index in [-0.39, 0.29) is 5.76 Å². The highest BCUT2D eigenvalue weighted by atomic mass is 79.9. The molecule has 0 fully saturated rings. The number of rotatable bonds is 2. The number of carboxylic acid groups (broad SMARTS) is 1. The highest BCUT2D eigenvalue weighted by molar-refractivity contribution is 9.10. The molecule has 0 atom stereocenters. The van der Waals surface area contributed by atoms with Crippen molar-refractivity contribution in [2.45, 2.75) is 0 Å². The molecule has 0 saturated carbocycles. The van der Waals surface area contributed by atoms with E-state index in [0.29, 0.717) is 16.5 Å². The van der Waals surface area contributed by atoms with E-state index in [0.717, 1.165) is 4.47 Å². The second-order valence-electron chi connectivity index (χ2n) is 2.94. The van der Waals surface area contributed by atoms with Crippen molar-refractivity contribution in [1.82, 2.24) is 0 Å². The first kappa shape index (κ1) is 10.0. The minimum Gasteiger partial charge on any atom is -0.496 e. The molecule has 0 amide bonds. The molecule has 0 aliphatic carbocycles. The Labute approximate surface area is 93.6 Å². The van der Waals surface area contributed by atoms with E-state index in [1.54, 1.807) is 12.1 Å². The number of fused-ring (bicyclic) bond motifs is 1. The van der Waals surface area contributed by atoms with E-state index in [1.165, 1.54) is 13.4 Å². The minimum absolute atomic E-state index is 0.102. The zero-order chi connectivity index (χ0) is 11.0. The van der Waals surface area contributed by atoms with Crippen molar-refractivity contribution in [1.29, 1.82) is 0 Å². The first-order chi connectivity index (χ1) is 7.13. The predicted octanol–water partition coefficient (Wildman–Crippen LogP) is 2.90. The molecule has 0 radical (unpaired) electrons. The number of carbonyl (C=O) groups is 1. The number of halogens is 1. The molecular weight excluding hydrogens is 264 g/mol. The molecule has 0 aliphatic rings. The maximum atomic E-state index is 10.9. The average Bonchev–Trinajstić information content (AvgIpc) is 2.59. The van der Waals surface area contributed by atoms with Crippen molar-refractivity contribution in [2.24, 2.45) is 0 Å². The van der Waals surface area contributed by atoms with Crippen molar-refractivity contribution in [3.63, 3.8) is 0 Å². The molecular formula is C10H7BrO4. The quantitative estimate of drug-likeness (QED) is 0.912. The molecule has 4 nitrogen and oxygen atoms in total. The predicted molar refractivity (Wildman–Crippen MR) is 57.4 cm³/mol. The SMILES string of the molecule is COc1cc(Br)cc2coc(C(=O)O)c12. The number of ether oxygens (including phenoxy) is 1. The van der Waals surface area contributed by atoms with E-state index < -0.39 is 5.97 Å². The van der Waals surface area contributed by atoms with E-state index in [4.69, 9.17) is 14.3 Å². The van der Waals surface area contributed by atoms with Crippen LogP contribution in [-0.2, 0) is 0 Å². The van der Waals surface area contributed by atoms with Gasteiger partial charge in [-0.3, -0.25) is 0 Å². The van der Waals surface area contributed by atoms with Gasteiger partial charge in [0.2, 0.25) is 5.76 Å². The molecule has 5 heteroatoms. The van der Waals surface area contributed by atoms with Gasteiger partial charge in [-0.25, -0.2) is 4.79 Å². The number of furan rings is 1. The fraction of sp³-hybridized carbons (Fsp3) is 0.100. The van der Waals surface area contributed by atoms with Crippen LogP contribution in [0.4, 0.5) is 0 Å². The summed E-state index contributed by atoms with van der Waals surface area (Å²) in [6.45, 7) is 0. The second-order valence-corrected chi connectivity index (χ2v) is 3.86. The third kappa shape index (κ3) is 1.59. The van der Waals surface area contributed by atoms with Crippen LogP contribution in [0.25, 0.3) is 10.8 Å². The zero-order valence-electron chi connectivity index (χ0n) is 7.78. The Morgan fingerprint density at radius 3 is 2.87 bits per heavy atom. The number of carboxylic acids is 1. The summed E-state index contributed by atoms with van der Waals surface area (Å²) in [5, 5.41) is 10.1. The van der Waals surface area contributed by atoms with Crippen molar-refractivity contribution >= 4 is 32.7 Å². The van der Waals surface area contributed by atoms with Crippen molar-refractivity contribution in [3.05, 3.63) is 28.6 Å². The van der Waals surface area contributed by atoms with E-state index >= 15 is 0 Å². The Balaban J connectivity index is 2.83. The Kier molecular flexibility index (Phi) is 2.40. The number of hydrogen-bond donors (Lipinski definition) is 1. The highest BCUT2D eigenvalue weighted by Crippen LogP contribution is 2.33. The third-order valence-corrected chi connectivity index (χ3v) is 2.50. The first-order valence-electron chi connectivity index (χ1n) is 4.11. The number of hydrogen-bond acceptors (Lipinski definition) is 3. The topological polar surface area (TPSA) is 59.7 Å². The number of benzene rings is 1. The summed E-state index contributed by atoms with van der Waals surface area (Å²) in [5.41, 5.74) is 0. The van der Waals surface area contributed by atoms with Crippen LogP contribution in [0.1, 0.15) is 10.6 Å². The van der Waals surface area contributed by atoms with Crippen LogP contribution < -0.4 is 4.74 Å². The van der Waals surface area contributed by atoms with Crippen molar-refractivity contribution in [2.75, 3.05) is 7.11 Å². The molecule has 78 valence electrons. The Morgan fingerprint density at radius 1 is 1.53 bits per heavy atom. The standard InChI is InChI=1S/C10H7BrO4/c1-14-7-3-6(11)2-5-4-15-9(8(5)7)10(12)13/h2-4H,1H3,(H,12,13). The zero-order valence-corrected chi connectivity index (χ0v) is 9.37. The molecule has 1 aromatic carbocycles. The van der Waals surface area contributed by atoms with Gasteiger partial charge >= 0.3 is 5.97 Å². The van der Waals surface area contributed by atoms with Crippen LogP contribution in [-0.4, -0.2) is 18.2 Å². The van der Waals surface area contributed by atoms with E-state index in [9.17, 15) is 4.79 Å². The normalized spacial score (nSPS) is 10.5. The summed E-state index contributed by atoms with van der Waals surface area (Å²) in [6.07, 6.45) is 1.39. The summed E-state index contributed by atoms with van der Waals surface area (Å²) >= 11 is 3.30. The minimum atomic E-state index is -1.11. The summed E-state index contributed by atoms with van der Waals surface area (Å²) < 4.78 is 10.9. The van der Waals surface area contributed by atoms with Crippen molar-refractivity contribution < 1.29 is 19.1 Å². The van der Waals surface area contributed by atoms with E-state index in [1.807, 2.05) is 0 Å². The monoisotopic (exact) mass is 270 g/mol. The Hall–Kier alpha value is -1.49. The number of aromatic carboxylic acids is 1. The molecule has 0 aliphatic heterocycles. The first-order valence-corrected chi connectivity index (χ1v) is 4.91. The lowest BCUT2D eigenvalue weighted by Gasteiger charge is -2.02. The molecule has 1 heterocycles. The highest BCUT2D eigenvalue weighted by Gasteiger charge is 2.17. The molecule has 1 N–H and O–H groups in total. The van der Waals surface area contributed by atoms with Gasteiger partial charge in [0.25, 0.3) is 0 Å². The van der Waals surface area contributed by atoms with Crippen LogP contribution in [0.15, 0.2) is 27.3 Å². The third-order valence-electron chi connectivity index (χ3n) is 2.04. The Bertz CT molecular complexity index is 529. The van der Waals surface area contributed by atoms with Crippen LogP contribution >= 0.6 is 15.9 Å². The lowest BCUT2D eigenvalue weighted by Crippen LogP contribution is -1.95. The maximum Gasteiger partial charge on any atom is 0.372 e. The Morgan fingerprint density at radius 2 is 2.27 bits per heavy atom. The van der Waals surface area contributed by atoms with Gasteiger partial charge in [0.1, 0.15) is 5.75 Å².